The van der Waals surface area contributed by atoms with Crippen molar-refractivity contribution >= 4 is 11.7 Å². The fraction of sp³-hybridized carbons (Fsp3) is 0.438. The van der Waals surface area contributed by atoms with E-state index in [1.165, 1.54) is 12.8 Å². The van der Waals surface area contributed by atoms with Crippen molar-refractivity contribution in [3.05, 3.63) is 30.7 Å². The summed E-state index contributed by atoms with van der Waals surface area (Å²) >= 11 is 0. The van der Waals surface area contributed by atoms with Gasteiger partial charge >= 0.3 is 6.03 Å². The Morgan fingerprint density at radius 2 is 2.09 bits per heavy atom. The van der Waals surface area contributed by atoms with Crippen molar-refractivity contribution in [1.82, 2.24) is 20.6 Å². The van der Waals surface area contributed by atoms with Crippen LogP contribution in [0.2, 0.25) is 0 Å². The van der Waals surface area contributed by atoms with Crippen LogP contribution < -0.4 is 10.7 Å². The second-order valence-corrected chi connectivity index (χ2v) is 5.93. The highest BCUT2D eigenvalue weighted by molar-refractivity contribution is 5.89. The van der Waals surface area contributed by atoms with Gasteiger partial charge < -0.3 is 9.73 Å². The topological polar surface area (TPSA) is 83.3 Å². The quantitative estimate of drug-likeness (QED) is 0.909. The zero-order chi connectivity index (χ0) is 16.2. The molecule has 1 fully saturated rings. The number of nitrogens with one attached hydrogen (secondary N) is 2. The Balaban J connectivity index is 1.65. The van der Waals surface area contributed by atoms with Crippen molar-refractivity contribution in [2.45, 2.75) is 45.2 Å². The average molecular weight is 315 g/mol. The first kappa shape index (κ1) is 15.5. The first-order valence-electron chi connectivity index (χ1n) is 7.86. The van der Waals surface area contributed by atoms with Crippen molar-refractivity contribution < 1.29 is 9.21 Å². The SMILES string of the molecule is C[C@@H]1CCC[C@H](C)N1NC(=O)Nc1cccc(-c2nnco2)c1. The van der Waals surface area contributed by atoms with Crippen LogP contribution in [0.4, 0.5) is 10.5 Å². The summed E-state index contributed by atoms with van der Waals surface area (Å²) in [6.07, 6.45) is 4.67. The Labute approximate surface area is 135 Å². The molecule has 1 aromatic heterocycles. The van der Waals surface area contributed by atoms with E-state index in [0.717, 1.165) is 18.4 Å². The first-order valence-corrected chi connectivity index (χ1v) is 7.86. The van der Waals surface area contributed by atoms with Crippen LogP contribution in [0.3, 0.4) is 0 Å². The lowest BCUT2D eigenvalue weighted by Gasteiger charge is -2.38. The van der Waals surface area contributed by atoms with E-state index in [4.69, 9.17) is 4.42 Å². The molecule has 7 nitrogen and oxygen atoms in total. The van der Waals surface area contributed by atoms with Gasteiger partial charge in [-0.25, -0.2) is 9.80 Å². The molecule has 0 saturated carbocycles. The van der Waals surface area contributed by atoms with E-state index in [9.17, 15) is 4.79 Å². The van der Waals surface area contributed by atoms with E-state index in [0.29, 0.717) is 23.7 Å². The van der Waals surface area contributed by atoms with Crippen LogP contribution in [0.1, 0.15) is 33.1 Å². The number of hydrogen-bond acceptors (Lipinski definition) is 5. The van der Waals surface area contributed by atoms with E-state index < -0.39 is 0 Å². The van der Waals surface area contributed by atoms with Gasteiger partial charge in [-0.3, -0.25) is 5.43 Å². The Morgan fingerprint density at radius 1 is 1.30 bits per heavy atom. The van der Waals surface area contributed by atoms with Gasteiger partial charge in [-0.2, -0.15) is 0 Å². The van der Waals surface area contributed by atoms with E-state index in [1.54, 1.807) is 6.07 Å². The molecule has 0 radical (unpaired) electrons. The molecule has 0 bridgehead atoms. The van der Waals surface area contributed by atoms with Gasteiger partial charge in [0.05, 0.1) is 0 Å². The molecule has 1 aromatic carbocycles. The Hall–Kier alpha value is -2.41. The Kier molecular flexibility index (Phi) is 4.57. The molecule has 23 heavy (non-hydrogen) atoms. The minimum Gasteiger partial charge on any atom is -0.423 e. The zero-order valence-corrected chi connectivity index (χ0v) is 13.3. The number of aromatic nitrogens is 2. The number of hydrazine groups is 1. The Morgan fingerprint density at radius 3 is 2.78 bits per heavy atom. The van der Waals surface area contributed by atoms with Crippen molar-refractivity contribution in [2.75, 3.05) is 5.32 Å². The molecule has 7 heteroatoms. The molecule has 1 aliphatic heterocycles. The number of carbonyl (C=O) groups excluding carboxylic acids is 1. The summed E-state index contributed by atoms with van der Waals surface area (Å²) in [6, 6.07) is 7.75. The summed E-state index contributed by atoms with van der Waals surface area (Å²) in [5.74, 6) is 0.423. The molecule has 2 aromatic rings. The van der Waals surface area contributed by atoms with Crippen molar-refractivity contribution in [1.29, 1.82) is 0 Å². The van der Waals surface area contributed by atoms with Crippen LogP contribution in [0.5, 0.6) is 0 Å². The lowest BCUT2D eigenvalue weighted by molar-refractivity contribution is 0.0625. The van der Waals surface area contributed by atoms with E-state index in [2.05, 4.69) is 34.8 Å². The molecule has 2 heterocycles. The predicted molar refractivity (Wildman–Crippen MR) is 86.5 cm³/mol. The van der Waals surface area contributed by atoms with Crippen LogP contribution >= 0.6 is 0 Å². The summed E-state index contributed by atoms with van der Waals surface area (Å²) in [5.41, 5.74) is 4.39. The number of anilines is 1. The normalized spacial score (nSPS) is 21.8. The summed E-state index contributed by atoms with van der Waals surface area (Å²) in [6.45, 7) is 4.26. The lowest BCUT2D eigenvalue weighted by Crippen LogP contribution is -2.55. The molecule has 0 spiro atoms. The number of piperidine rings is 1. The molecule has 1 aliphatic rings. The molecule has 122 valence electrons. The largest absolute Gasteiger partial charge is 0.423 e. The Bertz CT molecular complexity index is 648. The molecular weight excluding hydrogens is 294 g/mol. The molecule has 2 atom stereocenters. The number of urea groups is 1. The molecule has 2 amide bonds. The standard InChI is InChI=1S/C16H21N5O2/c1-11-5-3-6-12(2)21(11)20-16(22)18-14-8-4-7-13(9-14)15-19-17-10-23-15/h4,7-12H,3,5-6H2,1-2H3,(H2,18,20,22)/t11-,12+. The van der Waals surface area contributed by atoms with Crippen LogP contribution in [0.15, 0.2) is 35.1 Å². The van der Waals surface area contributed by atoms with E-state index in [-0.39, 0.29) is 6.03 Å². The molecule has 2 N–H and O–H groups in total. The van der Waals surface area contributed by atoms with E-state index >= 15 is 0 Å². The van der Waals surface area contributed by atoms with Gasteiger partial charge in [0.1, 0.15) is 0 Å². The maximum atomic E-state index is 12.3. The third-order valence-electron chi connectivity index (χ3n) is 4.15. The van der Waals surface area contributed by atoms with Gasteiger partial charge in [-0.05, 0) is 44.9 Å². The van der Waals surface area contributed by atoms with Crippen LogP contribution in [-0.4, -0.2) is 33.3 Å². The molecule has 3 rings (SSSR count). The average Bonchev–Trinajstić information content (AvgIpc) is 3.06. The lowest BCUT2D eigenvalue weighted by atomic mass is 10.00. The van der Waals surface area contributed by atoms with Crippen molar-refractivity contribution in [3.8, 4) is 11.5 Å². The third kappa shape index (κ3) is 3.68. The van der Waals surface area contributed by atoms with Crippen molar-refractivity contribution in [2.24, 2.45) is 0 Å². The zero-order valence-electron chi connectivity index (χ0n) is 13.3. The van der Waals surface area contributed by atoms with Crippen LogP contribution in [0.25, 0.3) is 11.5 Å². The van der Waals surface area contributed by atoms with Crippen LogP contribution in [0, 0.1) is 0 Å². The van der Waals surface area contributed by atoms with Gasteiger partial charge in [-0.1, -0.05) is 12.5 Å². The third-order valence-corrected chi connectivity index (χ3v) is 4.15. The predicted octanol–water partition coefficient (Wildman–Crippen LogP) is 3.04. The minimum atomic E-state index is -0.242. The smallest absolute Gasteiger partial charge is 0.333 e. The number of carbonyl (C=O) groups is 1. The maximum Gasteiger partial charge on any atom is 0.333 e. The summed E-state index contributed by atoms with van der Waals surface area (Å²) < 4.78 is 5.17. The summed E-state index contributed by atoms with van der Waals surface area (Å²) in [4.78, 5) is 12.3. The highest BCUT2D eigenvalue weighted by Gasteiger charge is 2.26. The molecule has 0 aliphatic carbocycles. The van der Waals surface area contributed by atoms with Gasteiger partial charge in [0.25, 0.3) is 0 Å². The fourth-order valence-corrected chi connectivity index (χ4v) is 2.95. The highest BCUT2D eigenvalue weighted by Crippen LogP contribution is 2.22. The van der Waals surface area contributed by atoms with Crippen LogP contribution in [-0.2, 0) is 0 Å². The summed E-state index contributed by atoms with van der Waals surface area (Å²) in [7, 11) is 0. The number of hydrogen-bond donors (Lipinski definition) is 2. The van der Waals surface area contributed by atoms with Gasteiger partial charge in [-0.15, -0.1) is 10.2 Å². The van der Waals surface area contributed by atoms with Gasteiger partial charge in [0, 0.05) is 23.3 Å². The molecule has 0 unspecified atom stereocenters. The number of rotatable bonds is 3. The number of nitrogens with zero attached hydrogens (tertiary/aromatic N) is 3. The van der Waals surface area contributed by atoms with Crippen molar-refractivity contribution in [3.63, 3.8) is 0 Å². The van der Waals surface area contributed by atoms with Gasteiger partial charge in [0.15, 0.2) is 0 Å². The second-order valence-electron chi connectivity index (χ2n) is 5.93. The number of amides is 2. The minimum absolute atomic E-state index is 0.242. The highest BCUT2D eigenvalue weighted by atomic mass is 16.4. The monoisotopic (exact) mass is 315 g/mol. The van der Waals surface area contributed by atoms with Gasteiger partial charge in [0.2, 0.25) is 12.3 Å². The molecule has 1 saturated heterocycles. The van der Waals surface area contributed by atoms with E-state index in [1.807, 2.05) is 23.2 Å². The fourth-order valence-electron chi connectivity index (χ4n) is 2.95. The first-order chi connectivity index (χ1) is 11.1. The molecular formula is C16H21N5O2. The second kappa shape index (κ2) is 6.78. The maximum absolute atomic E-state index is 12.3. The number of benzene rings is 1. The summed E-state index contributed by atoms with van der Waals surface area (Å²) in [5, 5.41) is 12.4.